The highest BCUT2D eigenvalue weighted by molar-refractivity contribution is 7.86. The molecule has 2 rings (SSSR count). The van der Waals surface area contributed by atoms with E-state index in [2.05, 4.69) is 0 Å². The van der Waals surface area contributed by atoms with Gasteiger partial charge in [0.2, 0.25) is 0 Å². The molecule has 3 nitrogen and oxygen atoms in total. The van der Waals surface area contributed by atoms with E-state index < -0.39 is 16.6 Å². The zero-order valence-corrected chi connectivity index (χ0v) is 12.7. The standard InChI is InChI=1S/C15H19FN2OS/c1-3-15(4-2)11-18(8-9-20(15)19)14-7-5-6-13(16)12(14)10-17/h5-7H,3-4,8-9,11H2,1-2H3. The average Bonchev–Trinajstić information content (AvgIpc) is 2.48. The summed E-state index contributed by atoms with van der Waals surface area (Å²) in [5.41, 5.74) is 0.705. The quantitative estimate of drug-likeness (QED) is 0.861. The molecule has 0 amide bonds. The van der Waals surface area contributed by atoms with Crippen LogP contribution in [-0.4, -0.2) is 27.8 Å². The highest BCUT2D eigenvalue weighted by atomic mass is 32.2. The number of nitriles is 1. The third kappa shape index (κ3) is 2.45. The molecule has 1 unspecified atom stereocenters. The van der Waals surface area contributed by atoms with Crippen LogP contribution < -0.4 is 4.90 Å². The van der Waals surface area contributed by atoms with Crippen molar-refractivity contribution in [2.24, 2.45) is 0 Å². The summed E-state index contributed by atoms with van der Waals surface area (Å²) in [5, 5.41) is 9.15. The van der Waals surface area contributed by atoms with Crippen molar-refractivity contribution in [1.82, 2.24) is 0 Å². The molecule has 1 fully saturated rings. The highest BCUT2D eigenvalue weighted by Gasteiger charge is 2.39. The fraction of sp³-hybridized carbons (Fsp3) is 0.533. The molecule has 1 aliphatic heterocycles. The van der Waals surface area contributed by atoms with E-state index in [1.54, 1.807) is 12.1 Å². The molecule has 108 valence electrons. The summed E-state index contributed by atoms with van der Waals surface area (Å²) in [6, 6.07) is 6.64. The van der Waals surface area contributed by atoms with Gasteiger partial charge < -0.3 is 4.90 Å². The number of anilines is 1. The van der Waals surface area contributed by atoms with Crippen molar-refractivity contribution in [3.05, 3.63) is 29.6 Å². The Morgan fingerprint density at radius 3 is 2.75 bits per heavy atom. The largest absolute Gasteiger partial charge is 0.368 e. The topological polar surface area (TPSA) is 44.1 Å². The molecule has 0 saturated carbocycles. The van der Waals surface area contributed by atoms with Crippen LogP contribution in [0.3, 0.4) is 0 Å². The first-order valence-electron chi connectivity index (χ1n) is 6.90. The molecule has 1 aromatic carbocycles. The van der Waals surface area contributed by atoms with Crippen LogP contribution in [0.4, 0.5) is 10.1 Å². The minimum Gasteiger partial charge on any atom is -0.368 e. The van der Waals surface area contributed by atoms with Crippen LogP contribution in [0.1, 0.15) is 32.3 Å². The van der Waals surface area contributed by atoms with Crippen molar-refractivity contribution in [1.29, 1.82) is 5.26 Å². The second-order valence-electron chi connectivity index (χ2n) is 5.11. The van der Waals surface area contributed by atoms with Crippen LogP contribution >= 0.6 is 0 Å². The summed E-state index contributed by atoms with van der Waals surface area (Å²) in [4.78, 5) is 2.01. The van der Waals surface area contributed by atoms with Gasteiger partial charge in [-0.3, -0.25) is 4.21 Å². The van der Waals surface area contributed by atoms with E-state index >= 15 is 0 Å². The fourth-order valence-electron chi connectivity index (χ4n) is 2.80. The summed E-state index contributed by atoms with van der Waals surface area (Å²) in [6.45, 7) is 5.31. The molecule has 20 heavy (non-hydrogen) atoms. The Morgan fingerprint density at radius 1 is 1.45 bits per heavy atom. The van der Waals surface area contributed by atoms with Gasteiger partial charge in [-0.25, -0.2) is 4.39 Å². The van der Waals surface area contributed by atoms with Crippen molar-refractivity contribution in [2.75, 3.05) is 23.7 Å². The molecule has 1 heterocycles. The predicted octanol–water partition coefficient (Wildman–Crippen LogP) is 2.82. The van der Waals surface area contributed by atoms with E-state index in [9.17, 15) is 8.60 Å². The van der Waals surface area contributed by atoms with Gasteiger partial charge in [0.05, 0.1) is 10.4 Å². The molecule has 0 aromatic heterocycles. The maximum Gasteiger partial charge on any atom is 0.143 e. The zero-order valence-electron chi connectivity index (χ0n) is 11.9. The summed E-state index contributed by atoms with van der Waals surface area (Å²) in [6.07, 6.45) is 1.65. The lowest BCUT2D eigenvalue weighted by Crippen LogP contribution is -2.53. The van der Waals surface area contributed by atoms with Crippen LogP contribution in [0.25, 0.3) is 0 Å². The molecule has 1 saturated heterocycles. The molecule has 0 spiro atoms. The first-order valence-corrected chi connectivity index (χ1v) is 8.22. The van der Waals surface area contributed by atoms with E-state index in [4.69, 9.17) is 5.26 Å². The van der Waals surface area contributed by atoms with Gasteiger partial charge in [-0.2, -0.15) is 5.26 Å². The normalized spacial score (nSPS) is 21.5. The SMILES string of the molecule is CCC1(CC)CN(c2cccc(F)c2C#N)CCS1=O. The summed E-state index contributed by atoms with van der Waals surface area (Å²) >= 11 is 0. The maximum atomic E-state index is 13.7. The molecule has 1 atom stereocenters. The van der Waals surface area contributed by atoms with Crippen LogP contribution in [0.15, 0.2) is 18.2 Å². The van der Waals surface area contributed by atoms with E-state index in [1.807, 2.05) is 24.8 Å². The third-order valence-corrected chi connectivity index (χ3v) is 6.47. The number of hydrogen-bond donors (Lipinski definition) is 0. The summed E-state index contributed by atoms with van der Waals surface area (Å²) in [5.74, 6) is 0.0820. The van der Waals surface area contributed by atoms with Crippen molar-refractivity contribution >= 4 is 16.5 Å². The molecule has 0 aliphatic carbocycles. The lowest BCUT2D eigenvalue weighted by atomic mass is 10.00. The van der Waals surface area contributed by atoms with E-state index in [-0.39, 0.29) is 10.3 Å². The molecule has 1 aliphatic rings. The number of rotatable bonds is 3. The van der Waals surface area contributed by atoms with Gasteiger partial charge >= 0.3 is 0 Å². The van der Waals surface area contributed by atoms with Crippen LogP contribution in [0.5, 0.6) is 0 Å². The number of benzene rings is 1. The van der Waals surface area contributed by atoms with Gasteiger partial charge in [0.25, 0.3) is 0 Å². The number of hydrogen-bond acceptors (Lipinski definition) is 3. The number of halogens is 1. The second kappa shape index (κ2) is 5.92. The Labute approximate surface area is 121 Å². The Hall–Kier alpha value is -1.41. The zero-order chi connectivity index (χ0) is 14.8. The Balaban J connectivity index is 2.38. The van der Waals surface area contributed by atoms with Gasteiger partial charge in [-0.15, -0.1) is 0 Å². The molecular weight excluding hydrogens is 275 g/mol. The average molecular weight is 294 g/mol. The third-order valence-electron chi connectivity index (χ3n) is 4.24. The molecule has 5 heteroatoms. The van der Waals surface area contributed by atoms with Crippen LogP contribution in [0, 0.1) is 17.1 Å². The van der Waals surface area contributed by atoms with Crippen LogP contribution in [-0.2, 0) is 10.8 Å². The molecule has 0 bridgehead atoms. The van der Waals surface area contributed by atoms with Crippen molar-refractivity contribution in [3.63, 3.8) is 0 Å². The molecule has 0 N–H and O–H groups in total. The summed E-state index contributed by atoms with van der Waals surface area (Å²) in [7, 11) is -0.863. The number of nitrogens with zero attached hydrogens (tertiary/aromatic N) is 2. The van der Waals surface area contributed by atoms with E-state index in [1.165, 1.54) is 6.07 Å². The van der Waals surface area contributed by atoms with Gasteiger partial charge in [-0.1, -0.05) is 19.9 Å². The first-order chi connectivity index (χ1) is 9.57. The predicted molar refractivity (Wildman–Crippen MR) is 79.7 cm³/mol. The molecular formula is C15H19FN2OS. The minimum absolute atomic E-state index is 0.0845. The van der Waals surface area contributed by atoms with Gasteiger partial charge in [0.1, 0.15) is 17.4 Å². The highest BCUT2D eigenvalue weighted by Crippen LogP contribution is 2.33. The van der Waals surface area contributed by atoms with Gasteiger partial charge in [0.15, 0.2) is 0 Å². The smallest absolute Gasteiger partial charge is 0.143 e. The lowest BCUT2D eigenvalue weighted by molar-refractivity contribution is 0.495. The van der Waals surface area contributed by atoms with Crippen molar-refractivity contribution in [3.8, 4) is 6.07 Å². The maximum absolute atomic E-state index is 13.7. The monoisotopic (exact) mass is 294 g/mol. The van der Waals surface area contributed by atoms with Gasteiger partial charge in [-0.05, 0) is 25.0 Å². The van der Waals surface area contributed by atoms with Gasteiger partial charge in [0, 0.05) is 29.6 Å². The minimum atomic E-state index is -0.863. The summed E-state index contributed by atoms with van der Waals surface area (Å²) < 4.78 is 25.8. The Morgan fingerprint density at radius 2 is 2.15 bits per heavy atom. The fourth-order valence-corrected chi connectivity index (χ4v) is 4.56. The van der Waals surface area contributed by atoms with E-state index in [0.29, 0.717) is 24.5 Å². The van der Waals surface area contributed by atoms with Crippen LogP contribution in [0.2, 0.25) is 0 Å². The second-order valence-corrected chi connectivity index (χ2v) is 7.07. The van der Waals surface area contributed by atoms with Crippen molar-refractivity contribution < 1.29 is 8.60 Å². The first kappa shape index (κ1) is 15.0. The van der Waals surface area contributed by atoms with E-state index in [0.717, 1.165) is 12.8 Å². The molecule has 1 aromatic rings. The lowest BCUT2D eigenvalue weighted by Gasteiger charge is -2.42. The van der Waals surface area contributed by atoms with Crippen molar-refractivity contribution in [2.45, 2.75) is 31.4 Å². The molecule has 0 radical (unpaired) electrons. The Kier molecular flexibility index (Phi) is 4.44. The Bertz CT molecular complexity index is 563.